The summed E-state index contributed by atoms with van der Waals surface area (Å²) in [6.45, 7) is 15.2. The normalized spacial score (nSPS) is 11.5. The highest BCUT2D eigenvalue weighted by Gasteiger charge is 2.15. The van der Waals surface area contributed by atoms with E-state index in [1.807, 2.05) is 20.8 Å². The zero-order valence-electron chi connectivity index (χ0n) is 32.2. The van der Waals surface area contributed by atoms with Crippen molar-refractivity contribution in [1.82, 2.24) is 10.6 Å². The standard InChI is InChI=1S/C36H69BrN2O13/c1-36(2,3)52-35(42)11-9-7-5-4-6-8-10-33(40)38-12-14-43-16-18-45-20-22-47-24-26-49-28-30-51-31-29-50-27-25-48-23-21-46-19-17-44-15-13-39-34(41)32-37/h4-32H2,1-3H3,(H,38,40)(H,39,41). The first-order valence-electron chi connectivity index (χ1n) is 18.8. The first kappa shape index (κ1) is 50.5. The molecular weight excluding hydrogens is 748 g/mol. The summed E-state index contributed by atoms with van der Waals surface area (Å²) in [4.78, 5) is 34.7. The van der Waals surface area contributed by atoms with E-state index in [1.165, 1.54) is 0 Å². The molecule has 0 saturated heterocycles. The number of halogens is 1. The number of ether oxygens (including phenoxy) is 10. The summed E-state index contributed by atoms with van der Waals surface area (Å²) in [6.07, 6.45) is 6.85. The molecule has 0 spiro atoms. The molecule has 16 heteroatoms. The van der Waals surface area contributed by atoms with Gasteiger partial charge >= 0.3 is 5.97 Å². The minimum absolute atomic E-state index is 0.0481. The van der Waals surface area contributed by atoms with Gasteiger partial charge in [-0.2, -0.15) is 0 Å². The predicted octanol–water partition coefficient (Wildman–Crippen LogP) is 3.23. The fraction of sp³-hybridized carbons (Fsp3) is 0.917. The highest BCUT2D eigenvalue weighted by atomic mass is 79.9. The number of carbonyl (C=O) groups excluding carboxylic acids is 3. The van der Waals surface area contributed by atoms with Gasteiger partial charge in [-0.3, -0.25) is 14.4 Å². The van der Waals surface area contributed by atoms with Crippen molar-refractivity contribution in [3.63, 3.8) is 0 Å². The van der Waals surface area contributed by atoms with Gasteiger partial charge in [-0.05, 0) is 33.6 Å². The van der Waals surface area contributed by atoms with Crippen LogP contribution in [0.1, 0.15) is 72.1 Å². The molecule has 0 atom stereocenters. The van der Waals surface area contributed by atoms with Crippen LogP contribution in [-0.2, 0) is 61.8 Å². The molecule has 15 nitrogen and oxygen atoms in total. The van der Waals surface area contributed by atoms with Crippen molar-refractivity contribution >= 4 is 33.7 Å². The van der Waals surface area contributed by atoms with Crippen molar-refractivity contribution < 1.29 is 61.8 Å². The third-order valence-corrected chi connectivity index (χ3v) is 7.20. The quantitative estimate of drug-likeness (QED) is 0.0527. The van der Waals surface area contributed by atoms with Gasteiger partial charge in [0.1, 0.15) is 5.60 Å². The molecule has 0 unspecified atom stereocenters. The first-order valence-corrected chi connectivity index (χ1v) is 19.9. The molecule has 0 fully saturated rings. The molecule has 2 amide bonds. The lowest BCUT2D eigenvalue weighted by molar-refractivity contribution is -0.155. The van der Waals surface area contributed by atoms with E-state index in [2.05, 4.69) is 26.6 Å². The van der Waals surface area contributed by atoms with Gasteiger partial charge in [0, 0.05) is 25.9 Å². The van der Waals surface area contributed by atoms with Crippen LogP contribution < -0.4 is 10.6 Å². The molecule has 0 rings (SSSR count). The lowest BCUT2D eigenvalue weighted by Crippen LogP contribution is -2.28. The summed E-state index contributed by atoms with van der Waals surface area (Å²) in [5.74, 6) is -0.145. The fourth-order valence-electron chi connectivity index (χ4n) is 4.18. The number of alkyl halides is 1. The second kappa shape index (κ2) is 39.2. The molecular formula is C36H69BrN2O13. The van der Waals surface area contributed by atoms with E-state index >= 15 is 0 Å². The second-order valence-corrected chi connectivity index (χ2v) is 13.1. The molecule has 0 aliphatic heterocycles. The zero-order valence-corrected chi connectivity index (χ0v) is 33.8. The molecule has 0 aromatic heterocycles. The molecule has 0 aliphatic carbocycles. The van der Waals surface area contributed by atoms with Gasteiger partial charge in [0.15, 0.2) is 0 Å². The van der Waals surface area contributed by atoms with Crippen LogP contribution in [-0.4, -0.2) is 161 Å². The Morgan fingerprint density at radius 2 is 0.712 bits per heavy atom. The van der Waals surface area contributed by atoms with Crippen molar-refractivity contribution in [2.24, 2.45) is 0 Å². The lowest BCUT2D eigenvalue weighted by atomic mass is 10.1. The van der Waals surface area contributed by atoms with E-state index in [9.17, 15) is 14.4 Å². The summed E-state index contributed by atoms with van der Waals surface area (Å²) in [7, 11) is 0. The van der Waals surface area contributed by atoms with Crippen LogP contribution in [0.3, 0.4) is 0 Å². The number of hydrogen-bond acceptors (Lipinski definition) is 13. The maximum Gasteiger partial charge on any atom is 0.306 e. The van der Waals surface area contributed by atoms with E-state index < -0.39 is 5.60 Å². The zero-order chi connectivity index (χ0) is 38.2. The number of nitrogens with one attached hydrogen (secondary N) is 2. The number of carbonyl (C=O) groups is 3. The van der Waals surface area contributed by atoms with Crippen LogP contribution in [0.4, 0.5) is 0 Å². The van der Waals surface area contributed by atoms with Crippen LogP contribution in [0.15, 0.2) is 0 Å². The minimum Gasteiger partial charge on any atom is -0.460 e. The molecule has 0 aliphatic rings. The van der Waals surface area contributed by atoms with Crippen molar-refractivity contribution in [3.8, 4) is 0 Å². The van der Waals surface area contributed by atoms with Crippen LogP contribution in [0.25, 0.3) is 0 Å². The Kier molecular flexibility index (Phi) is 38.1. The summed E-state index contributed by atoms with van der Waals surface area (Å²) in [6, 6.07) is 0. The van der Waals surface area contributed by atoms with Gasteiger partial charge in [0.25, 0.3) is 0 Å². The summed E-state index contributed by atoms with van der Waals surface area (Å²) < 4.78 is 54.4. The van der Waals surface area contributed by atoms with Gasteiger partial charge in [0.2, 0.25) is 11.8 Å². The fourth-order valence-corrected chi connectivity index (χ4v) is 4.38. The van der Waals surface area contributed by atoms with E-state index in [-0.39, 0.29) is 17.8 Å². The first-order chi connectivity index (χ1) is 25.2. The number of rotatable bonds is 40. The van der Waals surface area contributed by atoms with Crippen molar-refractivity contribution in [2.75, 3.05) is 137 Å². The van der Waals surface area contributed by atoms with Gasteiger partial charge < -0.3 is 58.0 Å². The van der Waals surface area contributed by atoms with Gasteiger partial charge in [-0.15, -0.1) is 0 Å². The summed E-state index contributed by atoms with van der Waals surface area (Å²) in [5.41, 5.74) is -0.421. The molecule has 0 radical (unpaired) electrons. The van der Waals surface area contributed by atoms with E-state index in [1.54, 1.807) is 0 Å². The van der Waals surface area contributed by atoms with E-state index in [0.29, 0.717) is 150 Å². The third-order valence-electron chi connectivity index (χ3n) is 6.69. The lowest BCUT2D eigenvalue weighted by Gasteiger charge is -2.19. The van der Waals surface area contributed by atoms with Gasteiger partial charge in [-0.1, -0.05) is 41.6 Å². The minimum atomic E-state index is -0.421. The largest absolute Gasteiger partial charge is 0.460 e. The van der Waals surface area contributed by atoms with Gasteiger partial charge in [0.05, 0.1) is 124 Å². The molecule has 0 heterocycles. The Balaban J connectivity index is 3.18. The Hall–Kier alpha value is -1.47. The Morgan fingerprint density at radius 1 is 0.423 bits per heavy atom. The number of hydrogen-bond donors (Lipinski definition) is 2. The van der Waals surface area contributed by atoms with Crippen molar-refractivity contribution in [2.45, 2.75) is 77.7 Å². The molecule has 0 aromatic rings. The third kappa shape index (κ3) is 42.9. The summed E-state index contributed by atoms with van der Waals surface area (Å²) in [5, 5.41) is 5.87. The Bertz CT molecular complexity index is 822. The molecule has 0 bridgehead atoms. The van der Waals surface area contributed by atoms with Crippen LogP contribution in [0, 0.1) is 0 Å². The number of esters is 1. The van der Waals surface area contributed by atoms with Crippen molar-refractivity contribution in [3.05, 3.63) is 0 Å². The molecule has 52 heavy (non-hydrogen) atoms. The van der Waals surface area contributed by atoms with Crippen LogP contribution in [0.2, 0.25) is 0 Å². The molecule has 2 N–H and O–H groups in total. The Morgan fingerprint density at radius 3 is 1.04 bits per heavy atom. The Labute approximate surface area is 320 Å². The van der Waals surface area contributed by atoms with Crippen molar-refractivity contribution in [1.29, 1.82) is 0 Å². The average molecular weight is 818 g/mol. The van der Waals surface area contributed by atoms with Crippen LogP contribution in [0.5, 0.6) is 0 Å². The maximum absolute atomic E-state index is 11.9. The molecule has 0 saturated carbocycles. The SMILES string of the molecule is CC(C)(C)OC(=O)CCCCCCCCC(=O)NCCOCCOCCOCCOCCOCCOCCOCCOCCOCCNC(=O)CBr. The smallest absolute Gasteiger partial charge is 0.306 e. The average Bonchev–Trinajstić information content (AvgIpc) is 3.10. The monoisotopic (exact) mass is 816 g/mol. The summed E-state index contributed by atoms with van der Waals surface area (Å²) >= 11 is 3.08. The highest BCUT2D eigenvalue weighted by molar-refractivity contribution is 9.09. The van der Waals surface area contributed by atoms with E-state index in [0.717, 1.165) is 38.5 Å². The number of unbranched alkanes of at least 4 members (excludes halogenated alkanes) is 5. The topological polar surface area (TPSA) is 168 Å². The second-order valence-electron chi connectivity index (χ2n) is 12.6. The highest BCUT2D eigenvalue weighted by Crippen LogP contribution is 2.12. The molecule has 308 valence electrons. The predicted molar refractivity (Wildman–Crippen MR) is 200 cm³/mol. The maximum atomic E-state index is 11.9. The van der Waals surface area contributed by atoms with Gasteiger partial charge in [-0.25, -0.2) is 0 Å². The molecule has 0 aromatic carbocycles. The number of amides is 2. The van der Waals surface area contributed by atoms with E-state index in [4.69, 9.17) is 47.4 Å². The van der Waals surface area contributed by atoms with Crippen LogP contribution >= 0.6 is 15.9 Å².